The molecule has 0 heterocycles. The van der Waals surface area contributed by atoms with Crippen LogP contribution in [-0.2, 0) is 25.6 Å². The highest BCUT2D eigenvalue weighted by molar-refractivity contribution is 5.92. The van der Waals surface area contributed by atoms with E-state index < -0.39 is 23.8 Å². The molecule has 0 unspecified atom stereocenters. The van der Waals surface area contributed by atoms with Crippen molar-refractivity contribution in [2.75, 3.05) is 0 Å². The number of ketones is 1. The Morgan fingerprint density at radius 3 is 1.80 bits per heavy atom. The molecule has 0 spiro atoms. The number of primary amides is 1. The third-order valence-electron chi connectivity index (χ3n) is 6.91. The average Bonchev–Trinajstić information content (AvgIpc) is 2.94. The van der Waals surface area contributed by atoms with E-state index in [1.807, 2.05) is 56.3 Å². The van der Waals surface area contributed by atoms with Crippen LogP contribution in [0.1, 0.15) is 51.5 Å². The number of carbonyl (C=O) groups excluding carboxylic acids is 3. The number of carboxylic acids is 1. The maximum absolute atomic E-state index is 13.0. The van der Waals surface area contributed by atoms with Crippen molar-refractivity contribution in [2.45, 2.75) is 58.4 Å². The Hall–Kier alpha value is -4.26. The van der Waals surface area contributed by atoms with Crippen molar-refractivity contribution in [3.8, 4) is 22.3 Å². The van der Waals surface area contributed by atoms with Crippen molar-refractivity contribution in [1.82, 2.24) is 5.32 Å². The molecule has 7 heteroatoms. The molecule has 0 fully saturated rings. The summed E-state index contributed by atoms with van der Waals surface area (Å²) in [6.07, 6.45) is 0.710. The minimum Gasteiger partial charge on any atom is -0.481 e. The highest BCUT2D eigenvalue weighted by Gasteiger charge is 2.27. The number of aliphatic carboxylic acids is 1. The van der Waals surface area contributed by atoms with Gasteiger partial charge in [-0.25, -0.2) is 0 Å². The van der Waals surface area contributed by atoms with Gasteiger partial charge in [-0.2, -0.15) is 0 Å². The molecule has 4 N–H and O–H groups in total. The first-order chi connectivity index (χ1) is 19.1. The molecule has 0 aliphatic carbocycles. The highest BCUT2D eigenvalue weighted by Crippen LogP contribution is 2.25. The second kappa shape index (κ2) is 14.8. The lowest BCUT2D eigenvalue weighted by Crippen LogP contribution is -2.43. The monoisotopic (exact) mass is 542 g/mol. The van der Waals surface area contributed by atoms with Crippen LogP contribution in [0.25, 0.3) is 22.3 Å². The molecule has 0 aliphatic rings. The first kappa shape index (κ1) is 30.3. The lowest BCUT2D eigenvalue weighted by molar-refractivity contribution is -0.138. The molecule has 3 aromatic rings. The summed E-state index contributed by atoms with van der Waals surface area (Å²) in [5, 5.41) is 11.7. The molecule has 0 aromatic heterocycles. The van der Waals surface area contributed by atoms with Crippen molar-refractivity contribution in [3.05, 3.63) is 84.4 Å². The number of hydrogen-bond acceptors (Lipinski definition) is 4. The third kappa shape index (κ3) is 9.49. The lowest BCUT2D eigenvalue weighted by Gasteiger charge is -2.21. The summed E-state index contributed by atoms with van der Waals surface area (Å²) in [5.74, 6) is -3.06. The Labute approximate surface area is 235 Å². The molecule has 0 aliphatic heterocycles. The van der Waals surface area contributed by atoms with Gasteiger partial charge in [0.1, 0.15) is 0 Å². The average molecular weight is 543 g/mol. The smallest absolute Gasteiger partial charge is 0.303 e. The quantitative estimate of drug-likeness (QED) is 0.237. The number of carbonyl (C=O) groups is 4. The number of hydrogen-bond donors (Lipinski definition) is 3. The maximum Gasteiger partial charge on any atom is 0.303 e. The van der Waals surface area contributed by atoms with Gasteiger partial charge in [0.2, 0.25) is 11.8 Å². The van der Waals surface area contributed by atoms with Crippen LogP contribution in [0.15, 0.2) is 78.9 Å². The van der Waals surface area contributed by atoms with E-state index in [1.165, 1.54) is 5.56 Å². The van der Waals surface area contributed by atoms with Gasteiger partial charge in [-0.3, -0.25) is 19.2 Å². The number of rotatable bonds is 15. The Kier molecular flexibility index (Phi) is 11.2. The fourth-order valence-corrected chi connectivity index (χ4v) is 4.64. The second-order valence-electron chi connectivity index (χ2n) is 10.6. The van der Waals surface area contributed by atoms with Gasteiger partial charge in [-0.1, -0.05) is 92.7 Å². The van der Waals surface area contributed by atoms with E-state index in [0.29, 0.717) is 12.8 Å². The van der Waals surface area contributed by atoms with Gasteiger partial charge >= 0.3 is 5.97 Å². The molecule has 3 aromatic carbocycles. The standard InChI is InChI=1S/C33H38N2O5/c1-22(2)20-29(30(36)21-28(33(34)40)17-19-32(38)39)35-31(37)18-10-23-8-11-25(12-9-23)27-15-13-26(14-16-27)24-6-4-3-5-7-24/h3-9,11-16,22,28-29H,10,17-21H2,1-2H3,(H2,34,40)(H,35,37)(H,38,39)/t28-,29+/m1/s1. The number of Topliss-reactive ketones (excluding diaryl/α,β-unsaturated/α-hetero) is 1. The number of nitrogens with one attached hydrogen (secondary N) is 1. The van der Waals surface area contributed by atoms with Crippen LogP contribution in [-0.4, -0.2) is 34.7 Å². The van der Waals surface area contributed by atoms with E-state index in [0.717, 1.165) is 22.3 Å². The highest BCUT2D eigenvalue weighted by atomic mass is 16.4. The molecule has 40 heavy (non-hydrogen) atoms. The van der Waals surface area contributed by atoms with Crippen molar-refractivity contribution in [3.63, 3.8) is 0 Å². The van der Waals surface area contributed by atoms with E-state index in [2.05, 4.69) is 41.7 Å². The fraction of sp³-hybridized carbons (Fsp3) is 0.333. The number of benzene rings is 3. The molecule has 2 atom stereocenters. The van der Waals surface area contributed by atoms with Gasteiger partial charge in [0.15, 0.2) is 5.78 Å². The van der Waals surface area contributed by atoms with Crippen LogP contribution in [0.2, 0.25) is 0 Å². The topological polar surface area (TPSA) is 127 Å². The van der Waals surface area contributed by atoms with E-state index in [4.69, 9.17) is 10.8 Å². The van der Waals surface area contributed by atoms with Gasteiger partial charge in [0, 0.05) is 25.2 Å². The van der Waals surface area contributed by atoms with Crippen LogP contribution >= 0.6 is 0 Å². The Balaban J connectivity index is 1.56. The predicted molar refractivity (Wildman–Crippen MR) is 156 cm³/mol. The maximum atomic E-state index is 13.0. The van der Waals surface area contributed by atoms with Crippen molar-refractivity contribution >= 4 is 23.6 Å². The summed E-state index contributed by atoms with van der Waals surface area (Å²) in [4.78, 5) is 48.3. The van der Waals surface area contributed by atoms with E-state index >= 15 is 0 Å². The largest absolute Gasteiger partial charge is 0.481 e. The second-order valence-corrected chi connectivity index (χ2v) is 10.6. The molecule has 210 valence electrons. The zero-order valence-electron chi connectivity index (χ0n) is 23.1. The van der Waals surface area contributed by atoms with Crippen LogP contribution < -0.4 is 11.1 Å². The van der Waals surface area contributed by atoms with Gasteiger partial charge < -0.3 is 16.2 Å². The van der Waals surface area contributed by atoms with Gasteiger partial charge in [-0.05, 0) is 53.0 Å². The summed E-state index contributed by atoms with van der Waals surface area (Å²) in [5.41, 5.74) is 10.9. The summed E-state index contributed by atoms with van der Waals surface area (Å²) >= 11 is 0. The lowest BCUT2D eigenvalue weighted by atomic mass is 9.90. The molecule has 0 saturated heterocycles. The van der Waals surface area contributed by atoms with Crippen molar-refractivity contribution in [2.24, 2.45) is 17.6 Å². The zero-order valence-corrected chi connectivity index (χ0v) is 23.1. The summed E-state index contributed by atoms with van der Waals surface area (Å²) in [6.45, 7) is 3.89. The fourth-order valence-electron chi connectivity index (χ4n) is 4.64. The minimum absolute atomic E-state index is 0.00802. The number of amides is 2. The normalized spacial score (nSPS) is 12.5. The molecular weight excluding hydrogens is 504 g/mol. The molecule has 0 saturated carbocycles. The van der Waals surface area contributed by atoms with Crippen molar-refractivity contribution < 1.29 is 24.3 Å². The molecule has 0 bridgehead atoms. The molecule has 0 radical (unpaired) electrons. The molecule has 7 nitrogen and oxygen atoms in total. The summed E-state index contributed by atoms with van der Waals surface area (Å²) in [7, 11) is 0. The molecular formula is C33H38N2O5. The van der Waals surface area contributed by atoms with Crippen LogP contribution in [0.5, 0.6) is 0 Å². The molecule has 2 amide bonds. The Morgan fingerprint density at radius 2 is 1.30 bits per heavy atom. The summed E-state index contributed by atoms with van der Waals surface area (Å²) in [6, 6.07) is 26.0. The number of nitrogens with two attached hydrogens (primary N) is 1. The predicted octanol–water partition coefficient (Wildman–Crippen LogP) is 5.41. The molecule has 3 rings (SSSR count). The van der Waals surface area contributed by atoms with E-state index in [9.17, 15) is 19.2 Å². The summed E-state index contributed by atoms with van der Waals surface area (Å²) < 4.78 is 0. The van der Waals surface area contributed by atoms with Crippen LogP contribution in [0, 0.1) is 11.8 Å². The van der Waals surface area contributed by atoms with Crippen molar-refractivity contribution in [1.29, 1.82) is 0 Å². The van der Waals surface area contributed by atoms with Gasteiger partial charge in [0.05, 0.1) is 6.04 Å². The van der Waals surface area contributed by atoms with E-state index in [1.54, 1.807) is 0 Å². The van der Waals surface area contributed by atoms with Gasteiger partial charge in [-0.15, -0.1) is 0 Å². The van der Waals surface area contributed by atoms with E-state index in [-0.39, 0.29) is 43.3 Å². The van der Waals surface area contributed by atoms with Gasteiger partial charge in [0.25, 0.3) is 0 Å². The minimum atomic E-state index is -1.06. The third-order valence-corrected chi connectivity index (χ3v) is 6.91. The SMILES string of the molecule is CC(C)C[C@H](NC(=O)CCc1ccc(-c2ccc(-c3ccccc3)cc2)cc1)C(=O)C[C@@H](CCC(=O)O)C(N)=O. The first-order valence-electron chi connectivity index (χ1n) is 13.7. The Bertz CT molecular complexity index is 1280. The first-order valence-corrected chi connectivity index (χ1v) is 13.7. The number of carboxylic acid groups (broad SMARTS) is 1. The Morgan fingerprint density at radius 1 is 0.775 bits per heavy atom. The van der Waals surface area contributed by atoms with Crippen LogP contribution in [0.4, 0.5) is 0 Å². The number of aryl methyl sites for hydroxylation is 1. The van der Waals surface area contributed by atoms with Crippen LogP contribution in [0.3, 0.4) is 0 Å². The zero-order chi connectivity index (χ0) is 29.1.